The third-order valence-corrected chi connectivity index (χ3v) is 3.93. The van der Waals surface area contributed by atoms with Crippen molar-refractivity contribution in [3.63, 3.8) is 0 Å². The smallest absolute Gasteiger partial charge is 0.224 e. The lowest BCUT2D eigenvalue weighted by molar-refractivity contribution is -0.126. The number of amides is 1. The SMILES string of the molecule is CC1NCCCC1C(=O)NCCN1CCOCC1.Cl. The summed E-state index contributed by atoms with van der Waals surface area (Å²) in [5.74, 6) is 0.353. The molecule has 19 heavy (non-hydrogen) atoms. The first-order valence-corrected chi connectivity index (χ1v) is 7.08. The van der Waals surface area contributed by atoms with Gasteiger partial charge in [0, 0.05) is 32.2 Å². The van der Waals surface area contributed by atoms with Gasteiger partial charge in [0.25, 0.3) is 0 Å². The molecule has 0 aromatic carbocycles. The summed E-state index contributed by atoms with van der Waals surface area (Å²) in [7, 11) is 0. The van der Waals surface area contributed by atoms with Crippen LogP contribution in [-0.2, 0) is 9.53 Å². The van der Waals surface area contributed by atoms with Crippen molar-refractivity contribution in [2.24, 2.45) is 5.92 Å². The van der Waals surface area contributed by atoms with Gasteiger partial charge in [-0.15, -0.1) is 12.4 Å². The molecule has 2 aliphatic heterocycles. The fourth-order valence-electron chi connectivity index (χ4n) is 2.70. The number of hydrogen-bond donors (Lipinski definition) is 2. The number of piperidine rings is 1. The molecular weight excluding hydrogens is 266 g/mol. The minimum atomic E-state index is 0. The molecule has 0 radical (unpaired) electrons. The van der Waals surface area contributed by atoms with Crippen LogP contribution in [0.2, 0.25) is 0 Å². The summed E-state index contributed by atoms with van der Waals surface area (Å²) in [6.45, 7) is 8.43. The summed E-state index contributed by atoms with van der Waals surface area (Å²) in [5, 5.41) is 6.43. The number of morpholine rings is 1. The summed E-state index contributed by atoms with van der Waals surface area (Å²) in [6.07, 6.45) is 2.11. The summed E-state index contributed by atoms with van der Waals surface area (Å²) in [6, 6.07) is 0.308. The van der Waals surface area contributed by atoms with E-state index in [0.717, 1.165) is 58.8 Å². The molecule has 2 unspecified atom stereocenters. The van der Waals surface area contributed by atoms with Crippen LogP contribution >= 0.6 is 12.4 Å². The van der Waals surface area contributed by atoms with Crippen LogP contribution in [0.1, 0.15) is 19.8 Å². The first kappa shape index (κ1) is 16.7. The van der Waals surface area contributed by atoms with Crippen molar-refractivity contribution in [2.75, 3.05) is 45.9 Å². The van der Waals surface area contributed by atoms with Gasteiger partial charge in [-0.2, -0.15) is 0 Å². The third-order valence-electron chi connectivity index (χ3n) is 3.93. The van der Waals surface area contributed by atoms with Crippen LogP contribution in [0.5, 0.6) is 0 Å². The molecule has 0 bridgehead atoms. The van der Waals surface area contributed by atoms with Gasteiger partial charge in [-0.3, -0.25) is 9.69 Å². The lowest BCUT2D eigenvalue weighted by Crippen LogP contribution is -2.48. The molecule has 2 fully saturated rings. The molecule has 2 rings (SSSR count). The van der Waals surface area contributed by atoms with Crippen LogP contribution in [0.15, 0.2) is 0 Å². The van der Waals surface area contributed by atoms with Crippen molar-refractivity contribution in [1.82, 2.24) is 15.5 Å². The molecule has 0 saturated carbocycles. The fraction of sp³-hybridized carbons (Fsp3) is 0.923. The van der Waals surface area contributed by atoms with Gasteiger partial charge in [0.1, 0.15) is 0 Å². The molecule has 2 N–H and O–H groups in total. The fourth-order valence-corrected chi connectivity index (χ4v) is 2.70. The lowest BCUT2D eigenvalue weighted by Gasteiger charge is -2.30. The van der Waals surface area contributed by atoms with Gasteiger partial charge in [0.2, 0.25) is 5.91 Å². The summed E-state index contributed by atoms with van der Waals surface area (Å²) in [5.41, 5.74) is 0. The van der Waals surface area contributed by atoms with Crippen molar-refractivity contribution in [3.05, 3.63) is 0 Å². The topological polar surface area (TPSA) is 53.6 Å². The number of ether oxygens (including phenoxy) is 1. The lowest BCUT2D eigenvalue weighted by atomic mass is 9.91. The zero-order valence-electron chi connectivity index (χ0n) is 11.7. The quantitative estimate of drug-likeness (QED) is 0.779. The molecule has 2 saturated heterocycles. The van der Waals surface area contributed by atoms with Crippen LogP contribution < -0.4 is 10.6 Å². The minimum absolute atomic E-state index is 0. The molecule has 6 heteroatoms. The second-order valence-corrected chi connectivity index (χ2v) is 5.24. The maximum Gasteiger partial charge on any atom is 0.224 e. The van der Waals surface area contributed by atoms with Crippen molar-refractivity contribution in [2.45, 2.75) is 25.8 Å². The van der Waals surface area contributed by atoms with E-state index in [9.17, 15) is 4.79 Å². The summed E-state index contributed by atoms with van der Waals surface area (Å²) in [4.78, 5) is 14.4. The Morgan fingerprint density at radius 2 is 2.16 bits per heavy atom. The molecule has 2 aliphatic rings. The molecule has 2 heterocycles. The second kappa shape index (κ2) is 8.74. The molecule has 5 nitrogen and oxygen atoms in total. The van der Waals surface area contributed by atoms with Gasteiger partial charge < -0.3 is 15.4 Å². The van der Waals surface area contributed by atoms with E-state index < -0.39 is 0 Å². The van der Waals surface area contributed by atoms with Gasteiger partial charge in [0.05, 0.1) is 19.1 Å². The van der Waals surface area contributed by atoms with E-state index in [1.165, 1.54) is 0 Å². The molecule has 112 valence electrons. The van der Waals surface area contributed by atoms with E-state index in [2.05, 4.69) is 22.5 Å². The predicted octanol–water partition coefficient (Wildman–Crippen LogP) is 0.245. The summed E-state index contributed by atoms with van der Waals surface area (Å²) < 4.78 is 5.30. The van der Waals surface area contributed by atoms with Crippen LogP contribution in [0.25, 0.3) is 0 Å². The zero-order chi connectivity index (χ0) is 12.8. The van der Waals surface area contributed by atoms with Crippen molar-refractivity contribution >= 4 is 18.3 Å². The Hall–Kier alpha value is -0.360. The Kier molecular flexibility index (Phi) is 7.68. The minimum Gasteiger partial charge on any atom is -0.379 e. The molecule has 0 aromatic rings. The first-order chi connectivity index (χ1) is 8.77. The Balaban J connectivity index is 0.00000180. The summed E-state index contributed by atoms with van der Waals surface area (Å²) >= 11 is 0. The van der Waals surface area contributed by atoms with Gasteiger partial charge in [-0.1, -0.05) is 0 Å². The van der Waals surface area contributed by atoms with Crippen LogP contribution in [0.3, 0.4) is 0 Å². The van der Waals surface area contributed by atoms with E-state index in [0.29, 0.717) is 6.04 Å². The van der Waals surface area contributed by atoms with E-state index >= 15 is 0 Å². The highest BCUT2D eigenvalue weighted by molar-refractivity contribution is 5.85. The standard InChI is InChI=1S/C13H25N3O2.ClH/c1-11-12(3-2-4-14-11)13(17)15-5-6-16-7-9-18-10-8-16;/h11-12,14H,2-10H2,1H3,(H,15,17);1H. The highest BCUT2D eigenvalue weighted by Crippen LogP contribution is 2.15. The Bertz CT molecular complexity index is 273. The van der Waals surface area contributed by atoms with Gasteiger partial charge in [0.15, 0.2) is 0 Å². The number of halogens is 1. The number of nitrogens with one attached hydrogen (secondary N) is 2. The van der Waals surface area contributed by atoms with Crippen LogP contribution in [-0.4, -0.2) is 62.8 Å². The Morgan fingerprint density at radius 3 is 2.84 bits per heavy atom. The monoisotopic (exact) mass is 291 g/mol. The number of nitrogens with zero attached hydrogens (tertiary/aromatic N) is 1. The van der Waals surface area contributed by atoms with Crippen molar-refractivity contribution < 1.29 is 9.53 Å². The third kappa shape index (κ3) is 5.26. The highest BCUT2D eigenvalue weighted by Gasteiger charge is 2.27. The second-order valence-electron chi connectivity index (χ2n) is 5.24. The number of rotatable bonds is 4. The molecule has 0 spiro atoms. The molecule has 2 atom stereocenters. The first-order valence-electron chi connectivity index (χ1n) is 7.08. The van der Waals surface area contributed by atoms with Gasteiger partial charge in [-0.25, -0.2) is 0 Å². The average Bonchev–Trinajstić information content (AvgIpc) is 2.40. The van der Waals surface area contributed by atoms with E-state index in [1.54, 1.807) is 0 Å². The van der Waals surface area contributed by atoms with Crippen molar-refractivity contribution in [3.8, 4) is 0 Å². The van der Waals surface area contributed by atoms with E-state index in [-0.39, 0.29) is 24.2 Å². The molecule has 0 aliphatic carbocycles. The van der Waals surface area contributed by atoms with Crippen LogP contribution in [0.4, 0.5) is 0 Å². The molecule has 1 amide bonds. The Morgan fingerprint density at radius 1 is 1.42 bits per heavy atom. The molecular formula is C13H26ClN3O2. The zero-order valence-corrected chi connectivity index (χ0v) is 12.5. The maximum atomic E-state index is 12.1. The highest BCUT2D eigenvalue weighted by atomic mass is 35.5. The largest absolute Gasteiger partial charge is 0.379 e. The number of hydrogen-bond acceptors (Lipinski definition) is 4. The van der Waals surface area contributed by atoms with E-state index in [4.69, 9.17) is 4.74 Å². The molecule has 0 aromatic heterocycles. The van der Waals surface area contributed by atoms with Gasteiger partial charge in [-0.05, 0) is 26.3 Å². The number of carbonyl (C=O) groups excluding carboxylic acids is 1. The van der Waals surface area contributed by atoms with Gasteiger partial charge >= 0.3 is 0 Å². The average molecular weight is 292 g/mol. The normalized spacial score (nSPS) is 28.5. The van der Waals surface area contributed by atoms with Crippen LogP contribution in [0, 0.1) is 5.92 Å². The number of carbonyl (C=O) groups is 1. The van der Waals surface area contributed by atoms with Crippen molar-refractivity contribution in [1.29, 1.82) is 0 Å². The Labute approximate surface area is 121 Å². The van der Waals surface area contributed by atoms with E-state index in [1.807, 2.05) is 0 Å². The maximum absolute atomic E-state index is 12.1. The predicted molar refractivity (Wildman–Crippen MR) is 77.7 cm³/mol.